The van der Waals surface area contributed by atoms with E-state index in [1.807, 2.05) is 0 Å². The molecule has 1 heterocycles. The van der Waals surface area contributed by atoms with E-state index < -0.39 is 0 Å². The second-order valence-electron chi connectivity index (χ2n) is 9.38. The highest BCUT2D eigenvalue weighted by molar-refractivity contribution is 6.12. The van der Waals surface area contributed by atoms with Crippen LogP contribution >= 0.6 is 0 Å². The van der Waals surface area contributed by atoms with Gasteiger partial charge in [0.15, 0.2) is 0 Å². The molecule has 0 aromatic heterocycles. The van der Waals surface area contributed by atoms with Crippen molar-refractivity contribution >= 4 is 17.9 Å². The Kier molecular flexibility index (Phi) is 21.4. The topological polar surface area (TPSA) is 140 Å². The summed E-state index contributed by atoms with van der Waals surface area (Å²) >= 11 is 0. The Bertz CT molecular complexity index is 776. The van der Waals surface area contributed by atoms with E-state index in [1.54, 1.807) is 0 Å². The van der Waals surface area contributed by atoms with Crippen molar-refractivity contribution in [3.63, 3.8) is 0 Å². The number of carbonyl (C=O) groups excluding carboxylic acids is 3. The van der Waals surface area contributed by atoms with Crippen LogP contribution in [0.3, 0.4) is 0 Å². The van der Waals surface area contributed by atoms with Gasteiger partial charge in [0.2, 0.25) is 0 Å². The van der Waals surface area contributed by atoms with Crippen LogP contribution < -0.4 is 5.32 Å². The van der Waals surface area contributed by atoms with Crippen molar-refractivity contribution in [1.29, 1.82) is 0 Å². The predicted molar refractivity (Wildman–Crippen MR) is 152 cm³/mol. The van der Waals surface area contributed by atoms with Gasteiger partial charge in [-0.05, 0) is 32.1 Å². The van der Waals surface area contributed by atoms with Gasteiger partial charge < -0.3 is 43.2 Å². The maximum atomic E-state index is 11.9. The van der Waals surface area contributed by atoms with E-state index >= 15 is 0 Å². The van der Waals surface area contributed by atoms with Crippen molar-refractivity contribution in [2.45, 2.75) is 38.2 Å². The van der Waals surface area contributed by atoms with Crippen LogP contribution in [0, 0.1) is 0 Å². The normalized spacial score (nSPS) is 17.8. The lowest BCUT2D eigenvalue weighted by Gasteiger charge is -2.18. The molecule has 1 aliphatic carbocycles. The van der Waals surface area contributed by atoms with Crippen LogP contribution in [0.5, 0.6) is 0 Å². The van der Waals surface area contributed by atoms with E-state index in [9.17, 15) is 14.4 Å². The quantitative estimate of drug-likeness (QED) is 0.0929. The predicted octanol–water partition coefficient (Wildman–Crippen LogP) is 1.64. The number of nitrogens with one attached hydrogen (secondary N) is 1. The lowest BCUT2D eigenvalue weighted by atomic mass is 10.0. The minimum atomic E-state index is -0.383. The minimum absolute atomic E-state index is 0.0115. The number of ether oxygens (including phenoxy) is 8. The number of nitrogens with zero attached hydrogens (tertiary/aromatic N) is 1. The monoisotopic (exact) mass is 600 g/mol. The summed E-state index contributed by atoms with van der Waals surface area (Å²) in [5, 5.41) is 2.73. The molecule has 42 heavy (non-hydrogen) atoms. The van der Waals surface area contributed by atoms with Gasteiger partial charge in [-0.3, -0.25) is 14.5 Å². The Labute approximate surface area is 248 Å². The van der Waals surface area contributed by atoms with Crippen molar-refractivity contribution in [2.75, 3.05) is 106 Å². The Morgan fingerprint density at radius 2 is 1.10 bits per heavy atom. The summed E-state index contributed by atoms with van der Waals surface area (Å²) in [6, 6.07) is 0. The van der Waals surface area contributed by atoms with Gasteiger partial charge in [-0.25, -0.2) is 4.79 Å². The highest BCUT2D eigenvalue weighted by atomic mass is 16.6. The number of allylic oxidation sites excluding steroid dienone is 2. The Balaban J connectivity index is 1.20. The molecule has 1 aliphatic heterocycles. The molecular weight excluding hydrogens is 552 g/mol. The highest BCUT2D eigenvalue weighted by Gasteiger charge is 2.22. The summed E-state index contributed by atoms with van der Waals surface area (Å²) in [5.74, 6) is -0.616. The molecule has 240 valence electrons. The van der Waals surface area contributed by atoms with Gasteiger partial charge in [0.1, 0.15) is 6.10 Å². The van der Waals surface area contributed by atoms with E-state index in [2.05, 4.69) is 17.5 Å². The number of carbonyl (C=O) groups is 3. The number of hydrogen-bond donors (Lipinski definition) is 1. The van der Waals surface area contributed by atoms with Gasteiger partial charge in [0.05, 0.1) is 99.0 Å². The van der Waals surface area contributed by atoms with Crippen molar-refractivity contribution < 1.29 is 52.3 Å². The summed E-state index contributed by atoms with van der Waals surface area (Å²) in [6.45, 7) is 6.69. The van der Waals surface area contributed by atoms with Crippen LogP contribution in [0.2, 0.25) is 0 Å². The van der Waals surface area contributed by atoms with Crippen LogP contribution in [0.15, 0.2) is 24.3 Å². The molecule has 2 aliphatic rings. The average molecular weight is 601 g/mol. The molecule has 3 amide bonds. The molecule has 0 saturated carbocycles. The molecule has 1 atom stereocenters. The number of alkyl carbamates (subject to hydrolysis) is 1. The molecule has 13 heteroatoms. The molecule has 2 rings (SSSR count). The third kappa shape index (κ3) is 18.9. The third-order valence-electron chi connectivity index (χ3n) is 6.10. The fraction of sp³-hybridized carbons (Fsp3) is 0.759. The molecule has 13 nitrogen and oxygen atoms in total. The maximum Gasteiger partial charge on any atom is 0.407 e. The second-order valence-corrected chi connectivity index (χ2v) is 9.38. The molecule has 0 saturated heterocycles. The van der Waals surface area contributed by atoms with Crippen LogP contribution in [-0.2, 0) is 47.5 Å². The molecule has 0 bridgehead atoms. The van der Waals surface area contributed by atoms with Crippen molar-refractivity contribution in [2.24, 2.45) is 0 Å². The summed E-state index contributed by atoms with van der Waals surface area (Å²) in [6.07, 6.45) is 11.3. The molecule has 1 unspecified atom stereocenters. The van der Waals surface area contributed by atoms with Gasteiger partial charge in [-0.2, -0.15) is 0 Å². The van der Waals surface area contributed by atoms with E-state index in [-0.39, 0.29) is 37.2 Å². The fourth-order valence-electron chi connectivity index (χ4n) is 3.89. The third-order valence-corrected chi connectivity index (χ3v) is 6.10. The van der Waals surface area contributed by atoms with Gasteiger partial charge in [-0.15, -0.1) is 0 Å². The molecule has 0 spiro atoms. The molecular formula is C29H48N2O11. The first-order valence-electron chi connectivity index (χ1n) is 14.8. The highest BCUT2D eigenvalue weighted by Crippen LogP contribution is 2.15. The van der Waals surface area contributed by atoms with Gasteiger partial charge in [0, 0.05) is 18.7 Å². The Morgan fingerprint density at radius 1 is 0.643 bits per heavy atom. The minimum Gasteiger partial charge on any atom is -0.446 e. The van der Waals surface area contributed by atoms with E-state index in [0.29, 0.717) is 92.4 Å². The van der Waals surface area contributed by atoms with Crippen LogP contribution in [0.25, 0.3) is 0 Å². The van der Waals surface area contributed by atoms with E-state index in [4.69, 9.17) is 37.9 Å². The van der Waals surface area contributed by atoms with Crippen LogP contribution in [-0.4, -0.2) is 134 Å². The average Bonchev–Trinajstić information content (AvgIpc) is 3.29. The Hall–Kier alpha value is -2.39. The first-order chi connectivity index (χ1) is 20.7. The van der Waals surface area contributed by atoms with Crippen LogP contribution in [0.4, 0.5) is 4.79 Å². The molecule has 0 fully saturated rings. The summed E-state index contributed by atoms with van der Waals surface area (Å²) < 4.78 is 43.5. The first-order valence-corrected chi connectivity index (χ1v) is 14.8. The first kappa shape index (κ1) is 35.8. The maximum absolute atomic E-state index is 11.9. The Morgan fingerprint density at radius 3 is 1.62 bits per heavy atom. The smallest absolute Gasteiger partial charge is 0.407 e. The lowest BCUT2D eigenvalue weighted by Crippen LogP contribution is -2.33. The largest absolute Gasteiger partial charge is 0.446 e. The zero-order chi connectivity index (χ0) is 29.9. The van der Waals surface area contributed by atoms with Gasteiger partial charge in [-0.1, -0.05) is 12.2 Å². The van der Waals surface area contributed by atoms with Crippen LogP contribution in [0.1, 0.15) is 32.1 Å². The van der Waals surface area contributed by atoms with Crippen molar-refractivity contribution in [3.8, 4) is 0 Å². The molecule has 1 N–H and O–H groups in total. The zero-order valence-corrected chi connectivity index (χ0v) is 24.7. The summed E-state index contributed by atoms with van der Waals surface area (Å²) in [4.78, 5) is 35.8. The standard InChI is InChI=1S/C29H48N2O11/c32-27-8-9-28(33)31(27)11-13-36-15-17-38-19-21-40-23-25-41-24-22-39-20-18-37-16-14-35-12-10-30-29(34)42-26-6-4-2-1-3-5-7-26/h1-2,8-9,26H,3-7,10-25H2,(H,30,34)/b2-1-. The zero-order valence-electron chi connectivity index (χ0n) is 24.7. The van der Waals surface area contributed by atoms with Gasteiger partial charge in [0.25, 0.3) is 11.8 Å². The summed E-state index contributed by atoms with van der Waals surface area (Å²) in [5.41, 5.74) is 0. The van der Waals surface area contributed by atoms with E-state index in [0.717, 1.165) is 37.0 Å². The van der Waals surface area contributed by atoms with Crippen molar-refractivity contribution in [1.82, 2.24) is 10.2 Å². The SMILES string of the molecule is O=C(NCCOCCOCCOCCOCCOCCOCCOCCN1C(=O)C=CC1=O)OC1CC/C=C\CCC1. The number of hydrogen-bond acceptors (Lipinski definition) is 11. The van der Waals surface area contributed by atoms with E-state index in [1.165, 1.54) is 12.2 Å². The molecule has 0 aromatic rings. The molecule has 0 radical (unpaired) electrons. The molecule has 0 aromatic carbocycles. The number of rotatable bonds is 25. The number of imide groups is 1. The number of amides is 3. The van der Waals surface area contributed by atoms with Gasteiger partial charge >= 0.3 is 6.09 Å². The summed E-state index contributed by atoms with van der Waals surface area (Å²) in [7, 11) is 0. The second kappa shape index (κ2) is 25.1. The lowest BCUT2D eigenvalue weighted by molar-refractivity contribution is -0.137. The van der Waals surface area contributed by atoms with Crippen molar-refractivity contribution in [3.05, 3.63) is 24.3 Å². The fourth-order valence-corrected chi connectivity index (χ4v) is 3.89.